The first-order valence-electron chi connectivity index (χ1n) is 19.1. The average molecular weight is 839 g/mol. The maximum atomic E-state index is 12.7. The Labute approximate surface area is 339 Å². The number of amides is 4. The maximum Gasteiger partial charge on any atom is 0.354 e. The zero-order chi connectivity index (χ0) is 43.9. The molecule has 0 radical (unpaired) electrons. The van der Waals surface area contributed by atoms with Gasteiger partial charge >= 0.3 is 41.8 Å². The molecule has 23 heteroatoms. The number of carbonyl (C=O) groups excluding carboxylic acids is 3. The highest BCUT2D eigenvalue weighted by Gasteiger charge is 2.29. The Balaban J connectivity index is 1.77. The van der Waals surface area contributed by atoms with Crippen LogP contribution < -0.4 is 21.3 Å². The topological polar surface area (TPSA) is 346 Å². The number of nitrogens with zero attached hydrogens (tertiary/aromatic N) is 4. The minimum Gasteiger partial charge on any atom is -0.481 e. The van der Waals surface area contributed by atoms with E-state index in [1.165, 1.54) is 6.07 Å². The molecule has 2 rings (SSSR count). The zero-order valence-electron chi connectivity index (χ0n) is 32.5. The van der Waals surface area contributed by atoms with Crippen molar-refractivity contribution in [3.05, 3.63) is 29.6 Å². The van der Waals surface area contributed by atoms with E-state index in [-0.39, 0.29) is 83.1 Å². The third kappa shape index (κ3) is 20.4. The third-order valence-electron chi connectivity index (χ3n) is 9.29. The van der Waals surface area contributed by atoms with Crippen molar-refractivity contribution < 1.29 is 73.8 Å². The Morgan fingerprint density at radius 3 is 1.66 bits per heavy atom. The van der Waals surface area contributed by atoms with Crippen LogP contribution in [-0.2, 0) is 40.1 Å². The van der Waals surface area contributed by atoms with Crippen molar-refractivity contribution in [3.63, 3.8) is 0 Å². The molecule has 2 heterocycles. The quantitative estimate of drug-likeness (QED) is 0.0488. The lowest BCUT2D eigenvalue weighted by atomic mass is 10.1. The Morgan fingerprint density at radius 2 is 1.14 bits per heavy atom. The number of carboxylic acid groups (broad SMARTS) is 6. The summed E-state index contributed by atoms with van der Waals surface area (Å²) < 4.78 is 0. The van der Waals surface area contributed by atoms with E-state index >= 15 is 0 Å². The van der Waals surface area contributed by atoms with E-state index < -0.39 is 78.7 Å². The number of carboxylic acids is 6. The van der Waals surface area contributed by atoms with Crippen molar-refractivity contribution in [2.75, 3.05) is 58.9 Å². The Bertz CT molecular complexity index is 1630. The fraction of sp³-hybridized carbons (Fsp3) is 0.611. The molecular weight excluding hydrogens is 784 g/mol. The van der Waals surface area contributed by atoms with Gasteiger partial charge in [-0.05, 0) is 50.7 Å². The number of rotatable bonds is 26. The first-order chi connectivity index (χ1) is 27.9. The number of hydrogen-bond donors (Lipinski definition) is 10. The number of hydrogen-bond acceptors (Lipinski definition) is 13. The summed E-state index contributed by atoms with van der Waals surface area (Å²) in [5.41, 5.74) is 0.373. The van der Waals surface area contributed by atoms with Gasteiger partial charge in [0.2, 0.25) is 11.8 Å². The van der Waals surface area contributed by atoms with Crippen LogP contribution in [0.4, 0.5) is 4.79 Å². The molecule has 4 amide bonds. The molecule has 1 aromatic rings. The van der Waals surface area contributed by atoms with E-state index in [1.54, 1.807) is 21.9 Å². The van der Waals surface area contributed by atoms with Crippen LogP contribution in [0.1, 0.15) is 74.0 Å². The number of nitrogens with one attached hydrogen (secondary N) is 4. The van der Waals surface area contributed by atoms with Gasteiger partial charge in [-0.1, -0.05) is 6.07 Å². The van der Waals surface area contributed by atoms with Gasteiger partial charge in [0, 0.05) is 78.2 Å². The fourth-order valence-electron chi connectivity index (χ4n) is 6.10. The summed E-state index contributed by atoms with van der Waals surface area (Å²) in [6.07, 6.45) is 0.0143. The highest BCUT2D eigenvalue weighted by atomic mass is 16.4. The minimum atomic E-state index is -1.57. The Hall–Kier alpha value is -5.94. The highest BCUT2D eigenvalue weighted by molar-refractivity contribution is 5.87. The van der Waals surface area contributed by atoms with Gasteiger partial charge in [0.1, 0.15) is 23.8 Å². The summed E-state index contributed by atoms with van der Waals surface area (Å²) in [6, 6.07) is -0.653. The van der Waals surface area contributed by atoms with Gasteiger partial charge in [-0.25, -0.2) is 24.2 Å². The van der Waals surface area contributed by atoms with Gasteiger partial charge < -0.3 is 51.9 Å². The molecule has 1 aliphatic rings. The van der Waals surface area contributed by atoms with E-state index in [9.17, 15) is 63.6 Å². The SMILES string of the molecule is O=C(O)CCC(NC(=O)NC(CCC(=O)NCCCCCNC(=O)CCC(C(=O)O)N1CCN(CC(=O)O)CCN(Cc2cccc(C(=O)O)n2)CC1)C(=O)O)C(=O)O. The van der Waals surface area contributed by atoms with Crippen LogP contribution >= 0.6 is 0 Å². The van der Waals surface area contributed by atoms with Gasteiger partial charge in [-0.3, -0.25) is 38.7 Å². The molecule has 1 aliphatic heterocycles. The van der Waals surface area contributed by atoms with Gasteiger partial charge in [-0.15, -0.1) is 0 Å². The smallest absolute Gasteiger partial charge is 0.354 e. The van der Waals surface area contributed by atoms with Crippen molar-refractivity contribution >= 4 is 53.7 Å². The highest BCUT2D eigenvalue weighted by Crippen LogP contribution is 2.13. The van der Waals surface area contributed by atoms with Gasteiger partial charge in [-0.2, -0.15) is 0 Å². The normalized spacial score (nSPS) is 15.5. The molecule has 0 aromatic carbocycles. The zero-order valence-corrected chi connectivity index (χ0v) is 32.5. The standard InChI is InChI=1S/C36H54N8O15/c45-28(10-7-25(33(53)54)40-36(59)41-26(34(55)56)8-12-30(47)48)37-13-2-1-3-14-38-29(46)11-9-27(35(57)58)44-19-17-42(15-16-43(18-20-44)22-31(49)50)21-23-5-4-6-24(39-23)32(51)52/h4-6,25-27H,1-3,7-22H2,(H,37,45)(H,38,46)(H,47,48)(H,49,50)(H,51,52)(H,53,54)(H,55,56)(H,57,58)(H2,40,41,59). The van der Waals surface area contributed by atoms with E-state index in [4.69, 9.17) is 10.2 Å². The van der Waals surface area contributed by atoms with Crippen LogP contribution in [-0.4, -0.2) is 181 Å². The second-order valence-electron chi connectivity index (χ2n) is 13.8. The average Bonchev–Trinajstić information content (AvgIpc) is 3.25. The number of pyridine rings is 1. The van der Waals surface area contributed by atoms with Crippen LogP contribution in [0.25, 0.3) is 0 Å². The van der Waals surface area contributed by atoms with Crippen molar-refractivity contribution in [1.29, 1.82) is 0 Å². The summed E-state index contributed by atoms with van der Waals surface area (Å²) >= 11 is 0. The summed E-state index contributed by atoms with van der Waals surface area (Å²) in [4.78, 5) is 115. The van der Waals surface area contributed by atoms with Crippen molar-refractivity contribution in [1.82, 2.24) is 41.0 Å². The van der Waals surface area contributed by atoms with Crippen LogP contribution in [0, 0.1) is 0 Å². The Kier molecular flexibility index (Phi) is 21.8. The first kappa shape index (κ1) is 49.2. The second-order valence-corrected chi connectivity index (χ2v) is 13.8. The summed E-state index contributed by atoms with van der Waals surface area (Å²) in [5, 5.41) is 65.6. The van der Waals surface area contributed by atoms with Gasteiger partial charge in [0.05, 0.1) is 12.2 Å². The van der Waals surface area contributed by atoms with Crippen molar-refractivity contribution in [3.8, 4) is 0 Å². The first-order valence-corrected chi connectivity index (χ1v) is 19.1. The van der Waals surface area contributed by atoms with Crippen LogP contribution in [0.5, 0.6) is 0 Å². The van der Waals surface area contributed by atoms with Crippen LogP contribution in [0.3, 0.4) is 0 Å². The predicted molar refractivity (Wildman–Crippen MR) is 203 cm³/mol. The predicted octanol–water partition coefficient (Wildman–Crippen LogP) is -1.23. The summed E-state index contributed by atoms with van der Waals surface area (Å²) in [5.74, 6) is -8.45. The van der Waals surface area contributed by atoms with E-state index in [1.807, 2.05) is 10.2 Å². The molecule has 59 heavy (non-hydrogen) atoms. The summed E-state index contributed by atoms with van der Waals surface area (Å²) in [7, 11) is 0. The number of aromatic carboxylic acids is 1. The molecule has 328 valence electrons. The molecule has 0 bridgehead atoms. The molecule has 0 saturated carbocycles. The van der Waals surface area contributed by atoms with Crippen molar-refractivity contribution in [2.45, 2.75) is 82.5 Å². The molecule has 1 aromatic heterocycles. The number of carbonyl (C=O) groups is 9. The number of aromatic nitrogens is 1. The maximum absolute atomic E-state index is 12.7. The van der Waals surface area contributed by atoms with E-state index in [2.05, 4.69) is 20.9 Å². The monoisotopic (exact) mass is 838 g/mol. The molecule has 23 nitrogen and oxygen atoms in total. The van der Waals surface area contributed by atoms with Crippen LogP contribution in [0.2, 0.25) is 0 Å². The molecule has 0 aliphatic carbocycles. The fourth-order valence-corrected chi connectivity index (χ4v) is 6.10. The van der Waals surface area contributed by atoms with E-state index in [0.29, 0.717) is 44.6 Å². The Morgan fingerprint density at radius 1 is 0.610 bits per heavy atom. The third-order valence-corrected chi connectivity index (χ3v) is 9.29. The minimum absolute atomic E-state index is 0.00703. The molecule has 3 atom stereocenters. The van der Waals surface area contributed by atoms with Gasteiger partial charge in [0.15, 0.2) is 0 Å². The molecule has 1 saturated heterocycles. The molecule has 3 unspecified atom stereocenters. The number of unbranched alkanes of at least 4 members (excludes halogenated alkanes) is 2. The second kappa shape index (κ2) is 26.1. The lowest BCUT2D eigenvalue weighted by molar-refractivity contribution is -0.144. The number of aliphatic carboxylic acids is 5. The van der Waals surface area contributed by atoms with Crippen molar-refractivity contribution in [2.24, 2.45) is 0 Å². The van der Waals surface area contributed by atoms with E-state index in [0.717, 1.165) is 0 Å². The molecular formula is C36H54N8O15. The lowest BCUT2D eigenvalue weighted by Gasteiger charge is -2.30. The lowest BCUT2D eigenvalue weighted by Crippen LogP contribution is -2.51. The largest absolute Gasteiger partial charge is 0.481 e. The summed E-state index contributed by atoms with van der Waals surface area (Å²) in [6.45, 7) is 2.52. The molecule has 0 spiro atoms. The molecule has 10 N–H and O–H groups in total. The molecule has 1 fully saturated rings. The van der Waals surface area contributed by atoms with Gasteiger partial charge in [0.25, 0.3) is 0 Å². The van der Waals surface area contributed by atoms with Crippen LogP contribution in [0.15, 0.2) is 18.2 Å². The number of urea groups is 1.